The lowest BCUT2D eigenvalue weighted by Gasteiger charge is -2.31. The Bertz CT molecular complexity index is 677. The van der Waals surface area contributed by atoms with Crippen molar-refractivity contribution in [2.75, 3.05) is 7.05 Å². The molecule has 0 heterocycles. The van der Waals surface area contributed by atoms with Gasteiger partial charge in [-0.25, -0.2) is 0 Å². The van der Waals surface area contributed by atoms with Crippen molar-refractivity contribution in [1.29, 1.82) is 0 Å². The van der Waals surface area contributed by atoms with E-state index < -0.39 is 0 Å². The summed E-state index contributed by atoms with van der Waals surface area (Å²) in [5.74, 6) is 0. The standard InChI is InChI=1S/C19H19N3O/c1-21(23)20-22(17-11-5-2-6-12-17,18-13-7-3-8-14-18)19-15-9-4-10-16-19/h2-16H,1H3,(H,20,23)/q+2. The van der Waals surface area contributed by atoms with Gasteiger partial charge in [0.15, 0.2) is 21.9 Å². The van der Waals surface area contributed by atoms with Crippen molar-refractivity contribution >= 4 is 17.1 Å². The van der Waals surface area contributed by atoms with E-state index in [1.165, 1.54) is 7.05 Å². The highest BCUT2D eigenvalue weighted by Crippen LogP contribution is 2.40. The van der Waals surface area contributed by atoms with Gasteiger partial charge in [0.05, 0.1) is 4.91 Å². The third kappa shape index (κ3) is 2.84. The number of nitrogens with zero attached hydrogens (tertiary/aromatic N) is 2. The van der Waals surface area contributed by atoms with Gasteiger partial charge in [-0.05, 0) is 0 Å². The number of benzene rings is 3. The summed E-state index contributed by atoms with van der Waals surface area (Å²) < 4.78 is 0.114. The van der Waals surface area contributed by atoms with E-state index in [0.29, 0.717) is 0 Å². The Morgan fingerprint density at radius 2 is 0.957 bits per heavy atom. The van der Waals surface area contributed by atoms with Crippen LogP contribution in [0.2, 0.25) is 0 Å². The van der Waals surface area contributed by atoms with Crippen LogP contribution in [0.5, 0.6) is 0 Å². The first-order valence-electron chi connectivity index (χ1n) is 7.48. The lowest BCUT2D eigenvalue weighted by atomic mass is 10.1. The average Bonchev–Trinajstić information content (AvgIpc) is 2.62. The van der Waals surface area contributed by atoms with Crippen LogP contribution >= 0.6 is 0 Å². The normalized spacial score (nSPS) is 11.0. The Morgan fingerprint density at radius 3 is 1.22 bits per heavy atom. The number of nitroso groups, excluding NO2 is 1. The van der Waals surface area contributed by atoms with Crippen molar-refractivity contribution < 1.29 is 4.87 Å². The topological polar surface area (TPSA) is 32.1 Å². The van der Waals surface area contributed by atoms with Crippen LogP contribution in [0.1, 0.15) is 0 Å². The molecular weight excluding hydrogens is 286 g/mol. The molecule has 0 amide bonds. The summed E-state index contributed by atoms with van der Waals surface area (Å²) in [5, 5.41) is 0. The van der Waals surface area contributed by atoms with Gasteiger partial charge < -0.3 is 0 Å². The second-order valence-electron chi connectivity index (χ2n) is 5.27. The van der Waals surface area contributed by atoms with Gasteiger partial charge in [0.1, 0.15) is 0 Å². The zero-order valence-electron chi connectivity index (χ0n) is 13.0. The van der Waals surface area contributed by atoms with Gasteiger partial charge in [-0.15, -0.1) is 0 Å². The molecule has 0 fully saturated rings. The summed E-state index contributed by atoms with van der Waals surface area (Å²) in [5.41, 5.74) is 5.91. The number of hydrogen-bond donors (Lipinski definition) is 1. The highest BCUT2D eigenvalue weighted by Gasteiger charge is 2.41. The molecule has 0 atom stereocenters. The molecule has 0 unspecified atom stereocenters. The molecule has 23 heavy (non-hydrogen) atoms. The van der Waals surface area contributed by atoms with Gasteiger partial charge in [-0.1, -0.05) is 59.2 Å². The lowest BCUT2D eigenvalue weighted by Crippen LogP contribution is -2.54. The number of nitrogens with one attached hydrogen (secondary N) is 1. The molecule has 0 radical (unpaired) electrons. The highest BCUT2D eigenvalue weighted by atomic mass is 16.3. The SMILES string of the molecule is C[N+](=O)N[N+](c1ccccc1)(c1ccccc1)c1ccccc1. The van der Waals surface area contributed by atoms with E-state index in [0.717, 1.165) is 21.9 Å². The Balaban J connectivity index is 2.32. The largest absolute Gasteiger partial charge is 0.221 e. The zero-order valence-corrected chi connectivity index (χ0v) is 13.0. The van der Waals surface area contributed by atoms with Crippen LogP contribution in [-0.4, -0.2) is 11.9 Å². The molecule has 4 nitrogen and oxygen atoms in total. The van der Waals surface area contributed by atoms with Gasteiger partial charge in [-0.2, -0.15) is 0 Å². The van der Waals surface area contributed by atoms with Crippen molar-refractivity contribution in [3.8, 4) is 0 Å². The summed E-state index contributed by atoms with van der Waals surface area (Å²) in [6, 6.07) is 29.8. The molecule has 114 valence electrons. The number of rotatable bonds is 5. The van der Waals surface area contributed by atoms with E-state index in [-0.39, 0.29) is 4.59 Å². The maximum Gasteiger partial charge on any atom is 0.221 e. The molecule has 4 heteroatoms. The van der Waals surface area contributed by atoms with Gasteiger partial charge >= 0.3 is 0 Å². The zero-order chi connectivity index (χ0) is 16.1. The van der Waals surface area contributed by atoms with Crippen LogP contribution in [-0.2, 0) is 0 Å². The molecule has 0 saturated heterocycles. The molecular formula is C19H19N3O+2. The Morgan fingerprint density at radius 1 is 0.652 bits per heavy atom. The molecule has 0 aromatic heterocycles. The average molecular weight is 305 g/mol. The molecule has 0 saturated carbocycles. The minimum absolute atomic E-state index is 0.114. The highest BCUT2D eigenvalue weighted by molar-refractivity contribution is 5.69. The summed E-state index contributed by atoms with van der Waals surface area (Å²) >= 11 is 0. The number of para-hydroxylation sites is 3. The molecule has 0 aliphatic rings. The molecule has 0 aliphatic heterocycles. The van der Waals surface area contributed by atoms with Gasteiger partial charge in [0.25, 0.3) is 0 Å². The summed E-state index contributed by atoms with van der Waals surface area (Å²) in [6.07, 6.45) is 0. The first-order chi connectivity index (χ1) is 11.2. The second kappa shape index (κ2) is 6.42. The molecule has 0 bridgehead atoms. The third-order valence-corrected chi connectivity index (χ3v) is 3.72. The van der Waals surface area contributed by atoms with Crippen LogP contribution in [0.15, 0.2) is 91.0 Å². The van der Waals surface area contributed by atoms with Crippen LogP contribution in [0.3, 0.4) is 0 Å². The minimum Gasteiger partial charge on any atom is -0.0750 e. The van der Waals surface area contributed by atoms with Gasteiger partial charge in [0.2, 0.25) is 7.05 Å². The van der Waals surface area contributed by atoms with Crippen LogP contribution in [0.4, 0.5) is 17.1 Å². The van der Waals surface area contributed by atoms with Crippen LogP contribution in [0, 0.1) is 4.91 Å². The fraction of sp³-hybridized carbons (Fsp3) is 0.0526. The molecule has 3 aromatic rings. The number of quaternary nitrogens is 1. The molecule has 0 aliphatic carbocycles. The fourth-order valence-corrected chi connectivity index (χ4v) is 2.79. The van der Waals surface area contributed by atoms with Crippen molar-refractivity contribution in [3.63, 3.8) is 0 Å². The predicted octanol–water partition coefficient (Wildman–Crippen LogP) is 4.49. The first kappa shape index (κ1) is 14.9. The maximum atomic E-state index is 12.0. The maximum absolute atomic E-state index is 12.0. The first-order valence-corrected chi connectivity index (χ1v) is 7.48. The van der Waals surface area contributed by atoms with E-state index >= 15 is 0 Å². The van der Waals surface area contributed by atoms with Gasteiger partial charge in [-0.3, -0.25) is 0 Å². The minimum atomic E-state index is 0.114. The van der Waals surface area contributed by atoms with Gasteiger partial charge in [0, 0.05) is 41.9 Å². The predicted molar refractivity (Wildman–Crippen MR) is 93.1 cm³/mol. The summed E-state index contributed by atoms with van der Waals surface area (Å²) in [4.78, 5) is 12.7. The smallest absolute Gasteiger partial charge is 0.0750 e. The van der Waals surface area contributed by atoms with E-state index in [2.05, 4.69) is 5.53 Å². The molecule has 3 rings (SSSR count). The Hall–Kier alpha value is -2.98. The monoisotopic (exact) mass is 305 g/mol. The van der Waals surface area contributed by atoms with Crippen LogP contribution < -0.4 is 10.1 Å². The molecule has 3 aromatic carbocycles. The van der Waals surface area contributed by atoms with Crippen molar-refractivity contribution in [2.24, 2.45) is 0 Å². The quantitative estimate of drug-likeness (QED) is 0.428. The lowest BCUT2D eigenvalue weighted by molar-refractivity contribution is -0.601. The summed E-state index contributed by atoms with van der Waals surface area (Å²) in [7, 11) is 1.46. The van der Waals surface area contributed by atoms with E-state index in [9.17, 15) is 4.91 Å². The Labute approximate surface area is 135 Å². The van der Waals surface area contributed by atoms with E-state index in [1.54, 1.807) is 0 Å². The third-order valence-electron chi connectivity index (χ3n) is 3.72. The number of hydrogen-bond acceptors (Lipinski definition) is 1. The van der Waals surface area contributed by atoms with Crippen LogP contribution in [0.25, 0.3) is 0 Å². The number of hydrazine groups is 1. The van der Waals surface area contributed by atoms with E-state index in [4.69, 9.17) is 0 Å². The second-order valence-corrected chi connectivity index (χ2v) is 5.27. The Kier molecular flexibility index (Phi) is 4.17. The summed E-state index contributed by atoms with van der Waals surface area (Å²) in [6.45, 7) is 0. The fourth-order valence-electron chi connectivity index (χ4n) is 2.79. The molecule has 1 N–H and O–H groups in total. The van der Waals surface area contributed by atoms with Crippen molar-refractivity contribution in [1.82, 2.24) is 10.1 Å². The molecule has 0 spiro atoms. The van der Waals surface area contributed by atoms with Crippen molar-refractivity contribution in [3.05, 3.63) is 95.9 Å². The van der Waals surface area contributed by atoms with E-state index in [1.807, 2.05) is 91.0 Å². The van der Waals surface area contributed by atoms with Crippen molar-refractivity contribution in [2.45, 2.75) is 0 Å².